The number of hydrogen-bond acceptors (Lipinski definition) is 2. The highest BCUT2D eigenvalue weighted by Crippen LogP contribution is 2.20. The Bertz CT molecular complexity index is 260. The van der Waals surface area contributed by atoms with Gasteiger partial charge in [0.25, 0.3) is 0 Å². The minimum atomic E-state index is -0.838. The molecule has 0 aromatic rings. The molecule has 0 aliphatic carbocycles. The van der Waals surface area contributed by atoms with E-state index in [-0.39, 0.29) is 18.4 Å². The molecule has 1 heterocycles. The first kappa shape index (κ1) is 10.8. The van der Waals surface area contributed by atoms with Crippen LogP contribution in [0.2, 0.25) is 0 Å². The van der Waals surface area contributed by atoms with E-state index in [2.05, 4.69) is 0 Å². The molecule has 1 unspecified atom stereocenters. The number of likely N-dealkylation sites (tertiary alicyclic amines) is 1. The zero-order valence-electron chi connectivity index (χ0n) is 8.27. The zero-order valence-corrected chi connectivity index (χ0v) is 8.27. The minimum Gasteiger partial charge on any atom is -0.481 e. The van der Waals surface area contributed by atoms with Crippen LogP contribution in [0.3, 0.4) is 0 Å². The molecule has 1 amide bonds. The summed E-state index contributed by atoms with van der Waals surface area (Å²) in [5.41, 5.74) is 0. The third-order valence-corrected chi connectivity index (χ3v) is 2.38. The van der Waals surface area contributed by atoms with Crippen LogP contribution in [0.5, 0.6) is 0 Å². The van der Waals surface area contributed by atoms with E-state index in [0.717, 1.165) is 12.8 Å². The molecule has 1 saturated heterocycles. The Morgan fingerprint density at radius 3 is 2.86 bits per heavy atom. The average Bonchev–Trinajstić information content (AvgIpc) is 2.51. The molecule has 0 saturated carbocycles. The lowest BCUT2D eigenvalue weighted by Crippen LogP contribution is -2.35. The maximum absolute atomic E-state index is 11.5. The summed E-state index contributed by atoms with van der Waals surface area (Å²) in [6, 6.07) is -0.115. The Morgan fingerprint density at radius 2 is 2.29 bits per heavy atom. The molecule has 14 heavy (non-hydrogen) atoms. The fraction of sp³-hybridized carbons (Fsp3) is 0.600. The highest BCUT2D eigenvalue weighted by molar-refractivity contribution is 5.88. The molecule has 0 aromatic carbocycles. The summed E-state index contributed by atoms with van der Waals surface area (Å²) in [7, 11) is 0. The van der Waals surface area contributed by atoms with Crippen molar-refractivity contribution < 1.29 is 14.7 Å². The molecule has 4 heteroatoms. The highest BCUT2D eigenvalue weighted by Gasteiger charge is 2.28. The van der Waals surface area contributed by atoms with Crippen molar-refractivity contribution in [2.24, 2.45) is 0 Å². The van der Waals surface area contributed by atoms with Gasteiger partial charge >= 0.3 is 5.97 Å². The summed E-state index contributed by atoms with van der Waals surface area (Å²) >= 11 is 0. The molecule has 1 N–H and O–H groups in total. The van der Waals surface area contributed by atoms with Crippen LogP contribution in [0.1, 0.15) is 26.2 Å². The van der Waals surface area contributed by atoms with Crippen molar-refractivity contribution in [3.8, 4) is 0 Å². The maximum Gasteiger partial charge on any atom is 0.305 e. The van der Waals surface area contributed by atoms with Gasteiger partial charge in [-0.15, -0.1) is 0 Å². The third kappa shape index (κ3) is 2.58. The van der Waals surface area contributed by atoms with Crippen LogP contribution >= 0.6 is 0 Å². The predicted octanol–water partition coefficient (Wildman–Crippen LogP) is 1.03. The van der Waals surface area contributed by atoms with E-state index in [0.29, 0.717) is 6.54 Å². The molecular formula is C10H15NO3. The van der Waals surface area contributed by atoms with Gasteiger partial charge < -0.3 is 10.0 Å². The van der Waals surface area contributed by atoms with Crippen LogP contribution in [-0.2, 0) is 9.59 Å². The molecule has 4 nitrogen and oxygen atoms in total. The van der Waals surface area contributed by atoms with Gasteiger partial charge in [0.15, 0.2) is 0 Å². The highest BCUT2D eigenvalue weighted by atomic mass is 16.4. The number of aliphatic carboxylic acids is 1. The van der Waals surface area contributed by atoms with Crippen LogP contribution in [0.15, 0.2) is 12.2 Å². The number of carboxylic acids is 1. The van der Waals surface area contributed by atoms with Gasteiger partial charge in [0.1, 0.15) is 0 Å². The fourth-order valence-electron chi connectivity index (χ4n) is 1.78. The van der Waals surface area contributed by atoms with Crippen LogP contribution in [0, 0.1) is 0 Å². The van der Waals surface area contributed by atoms with E-state index < -0.39 is 5.97 Å². The van der Waals surface area contributed by atoms with Crippen molar-refractivity contribution in [2.75, 3.05) is 6.54 Å². The maximum atomic E-state index is 11.5. The van der Waals surface area contributed by atoms with Crippen molar-refractivity contribution in [1.29, 1.82) is 0 Å². The molecule has 1 rings (SSSR count). The van der Waals surface area contributed by atoms with Crippen molar-refractivity contribution in [1.82, 2.24) is 4.90 Å². The van der Waals surface area contributed by atoms with Crippen LogP contribution in [0.4, 0.5) is 0 Å². The minimum absolute atomic E-state index is 0.0588. The second-order valence-corrected chi connectivity index (χ2v) is 3.43. The Morgan fingerprint density at radius 1 is 1.57 bits per heavy atom. The number of amides is 1. The number of carbonyl (C=O) groups is 2. The molecule has 0 spiro atoms. The molecule has 1 atom stereocenters. The van der Waals surface area contributed by atoms with Crippen molar-refractivity contribution in [3.63, 3.8) is 0 Å². The molecule has 78 valence electrons. The van der Waals surface area contributed by atoms with E-state index >= 15 is 0 Å². The Kier molecular flexibility index (Phi) is 3.68. The van der Waals surface area contributed by atoms with E-state index in [1.807, 2.05) is 0 Å². The van der Waals surface area contributed by atoms with Gasteiger partial charge in [0.2, 0.25) is 5.91 Å². The standard InChI is InChI=1S/C10H15NO3/c1-2-4-9(12)11-6-3-5-8(11)7-10(13)14/h2,4,8H,3,5-7H2,1H3,(H,13,14). The Balaban J connectivity index is 2.58. The zero-order chi connectivity index (χ0) is 10.6. The van der Waals surface area contributed by atoms with Crippen LogP contribution in [0.25, 0.3) is 0 Å². The normalized spacial score (nSPS) is 21.8. The van der Waals surface area contributed by atoms with Gasteiger partial charge in [0, 0.05) is 12.6 Å². The third-order valence-electron chi connectivity index (χ3n) is 2.38. The Labute approximate surface area is 83.2 Å². The van der Waals surface area contributed by atoms with E-state index in [1.54, 1.807) is 17.9 Å². The predicted molar refractivity (Wildman–Crippen MR) is 51.8 cm³/mol. The molecule has 0 bridgehead atoms. The first-order valence-electron chi connectivity index (χ1n) is 4.80. The molecule has 0 aromatic heterocycles. The first-order valence-corrected chi connectivity index (χ1v) is 4.80. The largest absolute Gasteiger partial charge is 0.481 e. The summed E-state index contributed by atoms with van der Waals surface area (Å²) in [6.45, 7) is 2.46. The van der Waals surface area contributed by atoms with E-state index in [9.17, 15) is 9.59 Å². The van der Waals surface area contributed by atoms with Crippen LogP contribution < -0.4 is 0 Å². The van der Waals surface area contributed by atoms with Gasteiger partial charge in [-0.2, -0.15) is 0 Å². The lowest BCUT2D eigenvalue weighted by Gasteiger charge is -2.21. The van der Waals surface area contributed by atoms with Gasteiger partial charge in [-0.3, -0.25) is 9.59 Å². The quantitative estimate of drug-likeness (QED) is 0.687. The number of nitrogens with zero attached hydrogens (tertiary/aromatic N) is 1. The van der Waals surface area contributed by atoms with Crippen molar-refractivity contribution >= 4 is 11.9 Å². The SMILES string of the molecule is CC=CC(=O)N1CCCC1CC(=O)O. The number of carboxylic acid groups (broad SMARTS) is 1. The number of hydrogen-bond donors (Lipinski definition) is 1. The summed E-state index contributed by atoms with van der Waals surface area (Å²) in [5.74, 6) is -0.911. The van der Waals surface area contributed by atoms with Crippen molar-refractivity contribution in [2.45, 2.75) is 32.2 Å². The molecule has 1 aliphatic heterocycles. The monoisotopic (exact) mass is 197 g/mol. The number of rotatable bonds is 3. The summed E-state index contributed by atoms with van der Waals surface area (Å²) in [6.07, 6.45) is 4.93. The van der Waals surface area contributed by atoms with Crippen molar-refractivity contribution in [3.05, 3.63) is 12.2 Å². The molecule has 0 radical (unpaired) electrons. The molecular weight excluding hydrogens is 182 g/mol. The summed E-state index contributed by atoms with van der Waals surface area (Å²) in [4.78, 5) is 23.7. The second kappa shape index (κ2) is 4.79. The smallest absolute Gasteiger partial charge is 0.305 e. The number of carbonyl (C=O) groups excluding carboxylic acids is 1. The molecule has 1 aliphatic rings. The average molecular weight is 197 g/mol. The van der Waals surface area contributed by atoms with E-state index in [1.165, 1.54) is 6.08 Å². The number of allylic oxidation sites excluding steroid dienone is 1. The van der Waals surface area contributed by atoms with Gasteiger partial charge in [0.05, 0.1) is 6.42 Å². The van der Waals surface area contributed by atoms with Crippen LogP contribution in [-0.4, -0.2) is 34.5 Å². The summed E-state index contributed by atoms with van der Waals surface area (Å²) < 4.78 is 0. The topological polar surface area (TPSA) is 57.6 Å². The first-order chi connectivity index (χ1) is 6.65. The second-order valence-electron chi connectivity index (χ2n) is 3.43. The fourth-order valence-corrected chi connectivity index (χ4v) is 1.78. The van der Waals surface area contributed by atoms with Gasteiger partial charge in [-0.25, -0.2) is 0 Å². The summed E-state index contributed by atoms with van der Waals surface area (Å²) in [5, 5.41) is 8.65. The molecule has 1 fully saturated rings. The van der Waals surface area contributed by atoms with Gasteiger partial charge in [-0.1, -0.05) is 6.08 Å². The van der Waals surface area contributed by atoms with Gasteiger partial charge in [-0.05, 0) is 25.8 Å². The lowest BCUT2D eigenvalue weighted by atomic mass is 10.1. The van der Waals surface area contributed by atoms with E-state index in [4.69, 9.17) is 5.11 Å². The lowest BCUT2D eigenvalue weighted by molar-refractivity contribution is -0.139. The Hall–Kier alpha value is -1.32.